The Morgan fingerprint density at radius 2 is 1.87 bits per heavy atom. The fraction of sp³-hybridized carbons (Fsp3) is 0.125. The highest BCUT2D eigenvalue weighted by Gasteiger charge is 2.13. The first kappa shape index (κ1) is 16.6. The second-order valence-corrected chi connectivity index (χ2v) is 5.05. The maximum absolute atomic E-state index is 11.8. The number of para-hydroxylation sites is 1. The van der Waals surface area contributed by atoms with Crippen molar-refractivity contribution >= 4 is 23.3 Å². The summed E-state index contributed by atoms with van der Waals surface area (Å²) in [4.78, 5) is 23.6. The molecular weight excluding hydrogens is 322 g/mol. The van der Waals surface area contributed by atoms with E-state index in [2.05, 4.69) is 5.32 Å². The van der Waals surface area contributed by atoms with E-state index in [-0.39, 0.29) is 36.0 Å². The van der Waals surface area contributed by atoms with Crippen molar-refractivity contribution in [3.05, 3.63) is 53.1 Å². The smallest absolute Gasteiger partial charge is 0.255 e. The van der Waals surface area contributed by atoms with E-state index in [0.29, 0.717) is 10.8 Å². The van der Waals surface area contributed by atoms with Gasteiger partial charge in [-0.2, -0.15) is 0 Å². The molecule has 6 nitrogen and oxygen atoms in total. The molecule has 0 saturated carbocycles. The molecule has 2 aromatic rings. The van der Waals surface area contributed by atoms with Gasteiger partial charge >= 0.3 is 0 Å². The first-order valence-electron chi connectivity index (χ1n) is 6.66. The summed E-state index contributed by atoms with van der Waals surface area (Å²) in [6, 6.07) is 10.3. The molecule has 0 saturated heterocycles. The molecule has 0 radical (unpaired) electrons. The molecule has 3 N–H and O–H groups in total. The second-order valence-electron chi connectivity index (χ2n) is 4.64. The highest BCUT2D eigenvalue weighted by Crippen LogP contribution is 2.23. The van der Waals surface area contributed by atoms with E-state index in [1.165, 1.54) is 12.1 Å². The zero-order valence-corrected chi connectivity index (χ0v) is 12.7. The lowest BCUT2D eigenvalue weighted by Gasteiger charge is -2.09. The first-order valence-corrected chi connectivity index (χ1v) is 7.04. The maximum atomic E-state index is 11.8. The Labute approximate surface area is 137 Å². The number of carbonyl (C=O) groups is 2. The molecule has 2 rings (SSSR count). The van der Waals surface area contributed by atoms with E-state index < -0.39 is 5.91 Å². The number of Topliss-reactive ketones (excluding diaryl/α,β-unsaturated/α-hetero) is 1. The molecule has 120 valence electrons. The molecule has 0 atom stereocenters. The number of phenolic OH excluding ortho intramolecular Hbond substituents is 2. The largest absolute Gasteiger partial charge is 0.508 e. The van der Waals surface area contributed by atoms with Crippen LogP contribution in [0.15, 0.2) is 42.5 Å². The molecule has 0 aliphatic heterocycles. The molecule has 7 heteroatoms. The van der Waals surface area contributed by atoms with E-state index in [9.17, 15) is 14.7 Å². The molecule has 0 aliphatic carbocycles. The Morgan fingerprint density at radius 3 is 2.57 bits per heavy atom. The van der Waals surface area contributed by atoms with Gasteiger partial charge in [-0.1, -0.05) is 23.7 Å². The lowest BCUT2D eigenvalue weighted by atomic mass is 10.2. The molecule has 0 aliphatic rings. The predicted molar refractivity (Wildman–Crippen MR) is 84.1 cm³/mol. The van der Waals surface area contributed by atoms with E-state index >= 15 is 0 Å². The van der Waals surface area contributed by atoms with Gasteiger partial charge in [0.2, 0.25) is 0 Å². The van der Waals surface area contributed by atoms with Gasteiger partial charge in [-0.15, -0.1) is 0 Å². The lowest BCUT2D eigenvalue weighted by Crippen LogP contribution is -2.32. The summed E-state index contributed by atoms with van der Waals surface area (Å²) in [7, 11) is 0. The van der Waals surface area contributed by atoms with Crippen molar-refractivity contribution in [2.45, 2.75) is 0 Å². The van der Waals surface area contributed by atoms with Gasteiger partial charge in [0.25, 0.3) is 5.91 Å². The number of halogens is 1. The Morgan fingerprint density at radius 1 is 1.13 bits per heavy atom. The molecule has 0 unspecified atom stereocenters. The minimum absolute atomic E-state index is 0.0392. The number of ketones is 1. The van der Waals surface area contributed by atoms with Crippen LogP contribution in [0, 0.1) is 0 Å². The molecule has 0 bridgehead atoms. The molecule has 1 amide bonds. The van der Waals surface area contributed by atoms with Crippen LogP contribution >= 0.6 is 11.6 Å². The van der Waals surface area contributed by atoms with Gasteiger partial charge < -0.3 is 20.3 Å². The molecular formula is C16H14ClNO5. The van der Waals surface area contributed by atoms with Crippen LogP contribution in [0.25, 0.3) is 0 Å². The average Bonchev–Trinajstić information content (AvgIpc) is 2.52. The van der Waals surface area contributed by atoms with Crippen LogP contribution in [0.4, 0.5) is 0 Å². The van der Waals surface area contributed by atoms with Crippen LogP contribution in [-0.4, -0.2) is 35.1 Å². The number of amides is 1. The third-order valence-corrected chi connectivity index (χ3v) is 3.21. The third kappa shape index (κ3) is 4.62. The number of hydrogen-bond acceptors (Lipinski definition) is 5. The number of aromatic hydroxyl groups is 2. The predicted octanol–water partition coefficient (Wildman–Crippen LogP) is 2.13. The van der Waals surface area contributed by atoms with Crippen LogP contribution in [0.5, 0.6) is 17.2 Å². The summed E-state index contributed by atoms with van der Waals surface area (Å²) in [5.41, 5.74) is -0.0392. The zero-order chi connectivity index (χ0) is 16.8. The second kappa shape index (κ2) is 7.51. The van der Waals surface area contributed by atoms with Crippen LogP contribution in [0.2, 0.25) is 5.02 Å². The van der Waals surface area contributed by atoms with Crippen molar-refractivity contribution in [1.29, 1.82) is 0 Å². The van der Waals surface area contributed by atoms with Crippen LogP contribution in [0.1, 0.15) is 10.4 Å². The third-order valence-electron chi connectivity index (χ3n) is 2.90. The van der Waals surface area contributed by atoms with Crippen molar-refractivity contribution in [2.75, 3.05) is 13.2 Å². The fourth-order valence-corrected chi connectivity index (χ4v) is 1.95. The van der Waals surface area contributed by atoms with Gasteiger partial charge in [-0.3, -0.25) is 9.59 Å². The molecule has 23 heavy (non-hydrogen) atoms. The highest BCUT2D eigenvalue weighted by molar-refractivity contribution is 6.32. The Kier molecular flexibility index (Phi) is 5.43. The van der Waals surface area contributed by atoms with Crippen molar-refractivity contribution < 1.29 is 24.5 Å². The van der Waals surface area contributed by atoms with E-state index in [1.807, 2.05) is 0 Å². The molecule has 2 aromatic carbocycles. The van der Waals surface area contributed by atoms with Gasteiger partial charge in [-0.05, 0) is 24.3 Å². The zero-order valence-electron chi connectivity index (χ0n) is 12.0. The lowest BCUT2D eigenvalue weighted by molar-refractivity contribution is -0.120. The average molecular weight is 336 g/mol. The summed E-state index contributed by atoms with van der Waals surface area (Å²) in [5.74, 6) is -1.15. The SMILES string of the molecule is O=C(CNC(=O)c1ccc(O)cc1O)COc1ccccc1Cl. The summed E-state index contributed by atoms with van der Waals surface area (Å²) in [6.45, 7) is -0.505. The van der Waals surface area contributed by atoms with Crippen LogP contribution in [0.3, 0.4) is 0 Å². The number of phenols is 2. The quantitative estimate of drug-likeness (QED) is 0.751. The fourth-order valence-electron chi connectivity index (χ4n) is 1.76. The molecule has 0 aromatic heterocycles. The monoisotopic (exact) mass is 335 g/mol. The first-order chi connectivity index (χ1) is 11.0. The van der Waals surface area contributed by atoms with Crippen LogP contribution in [-0.2, 0) is 4.79 Å². The number of ether oxygens (including phenoxy) is 1. The van der Waals surface area contributed by atoms with E-state index in [1.54, 1.807) is 24.3 Å². The van der Waals surface area contributed by atoms with E-state index in [4.69, 9.17) is 21.4 Å². The summed E-state index contributed by atoms with van der Waals surface area (Å²) in [5, 5.41) is 21.5. The number of carbonyl (C=O) groups excluding carboxylic acids is 2. The van der Waals surface area contributed by atoms with Gasteiger partial charge in [-0.25, -0.2) is 0 Å². The van der Waals surface area contributed by atoms with Gasteiger partial charge in [0.1, 0.15) is 23.9 Å². The normalized spacial score (nSPS) is 10.1. The summed E-state index contributed by atoms with van der Waals surface area (Å²) >= 11 is 5.89. The molecule has 0 spiro atoms. The van der Waals surface area contributed by atoms with Gasteiger partial charge in [0.05, 0.1) is 17.1 Å². The van der Waals surface area contributed by atoms with Gasteiger partial charge in [0, 0.05) is 6.07 Å². The number of benzene rings is 2. The Balaban J connectivity index is 1.84. The minimum Gasteiger partial charge on any atom is -0.508 e. The number of hydrogen-bond donors (Lipinski definition) is 3. The number of nitrogens with one attached hydrogen (secondary N) is 1. The van der Waals surface area contributed by atoms with Crippen LogP contribution < -0.4 is 10.1 Å². The van der Waals surface area contributed by atoms with Crippen molar-refractivity contribution in [1.82, 2.24) is 5.32 Å². The summed E-state index contributed by atoms with van der Waals surface area (Å²) in [6.07, 6.45) is 0. The standard InChI is InChI=1S/C16H14ClNO5/c17-13-3-1-2-4-15(13)23-9-11(20)8-18-16(22)12-6-5-10(19)7-14(12)21/h1-7,19,21H,8-9H2,(H,18,22). The highest BCUT2D eigenvalue weighted by atomic mass is 35.5. The number of rotatable bonds is 6. The van der Waals surface area contributed by atoms with Crippen molar-refractivity contribution in [3.63, 3.8) is 0 Å². The molecule has 0 fully saturated rings. The summed E-state index contributed by atoms with van der Waals surface area (Å²) < 4.78 is 5.26. The van der Waals surface area contributed by atoms with Gasteiger partial charge in [0.15, 0.2) is 5.78 Å². The minimum atomic E-state index is -0.631. The maximum Gasteiger partial charge on any atom is 0.255 e. The Bertz CT molecular complexity index is 732. The van der Waals surface area contributed by atoms with E-state index in [0.717, 1.165) is 6.07 Å². The Hall–Kier alpha value is -2.73. The molecule has 0 heterocycles. The van der Waals surface area contributed by atoms with Crippen molar-refractivity contribution in [3.8, 4) is 17.2 Å². The van der Waals surface area contributed by atoms with Crippen molar-refractivity contribution in [2.24, 2.45) is 0 Å². The topological polar surface area (TPSA) is 95.9 Å².